The Morgan fingerprint density at radius 2 is 1.52 bits per heavy atom. The van der Waals surface area contributed by atoms with Crippen molar-refractivity contribution < 1.29 is 23.5 Å². The monoisotopic (exact) mass is 289 g/mol. The minimum atomic E-state index is -1.34. The molecule has 0 bridgehead atoms. The third kappa shape index (κ3) is 1.84. The normalized spacial score (nSPS) is 13.8. The van der Waals surface area contributed by atoms with E-state index in [0.717, 1.165) is 12.1 Å². The summed E-state index contributed by atoms with van der Waals surface area (Å²) in [6.45, 7) is -0.625. The molecule has 0 radical (unpaired) electrons. The van der Waals surface area contributed by atoms with Gasteiger partial charge < -0.3 is 5.11 Å². The van der Waals surface area contributed by atoms with Crippen molar-refractivity contribution in [2.45, 2.75) is 6.61 Å². The van der Waals surface area contributed by atoms with E-state index in [9.17, 15) is 23.5 Å². The molecule has 1 N–H and O–H groups in total. The van der Waals surface area contributed by atoms with Crippen LogP contribution < -0.4 is 4.90 Å². The molecule has 1 heterocycles. The first kappa shape index (κ1) is 13.4. The number of aliphatic hydroxyl groups is 1. The van der Waals surface area contributed by atoms with E-state index in [0.29, 0.717) is 4.90 Å². The second kappa shape index (κ2) is 4.75. The van der Waals surface area contributed by atoms with Gasteiger partial charge in [0.25, 0.3) is 11.8 Å². The highest BCUT2D eigenvalue weighted by Gasteiger charge is 2.39. The average molecular weight is 289 g/mol. The summed E-state index contributed by atoms with van der Waals surface area (Å²) in [6.07, 6.45) is 0. The standard InChI is InChI=1S/C15H9F2NO3/c16-11-6-5-8(7-19)13(12(11)17)18-14(20)9-3-1-2-4-10(9)15(18)21/h1-6,19H,7H2. The van der Waals surface area contributed by atoms with Crippen LogP contribution in [0.15, 0.2) is 36.4 Å². The molecule has 0 saturated heterocycles. The highest BCUT2D eigenvalue weighted by Crippen LogP contribution is 2.33. The lowest BCUT2D eigenvalue weighted by Crippen LogP contribution is -2.31. The van der Waals surface area contributed by atoms with Crippen LogP contribution in [0, 0.1) is 11.6 Å². The number of halogens is 2. The maximum atomic E-state index is 14.0. The Hall–Kier alpha value is -2.60. The summed E-state index contributed by atoms with van der Waals surface area (Å²) in [5.41, 5.74) is -0.336. The summed E-state index contributed by atoms with van der Waals surface area (Å²) in [5.74, 6) is -4.01. The fourth-order valence-corrected chi connectivity index (χ4v) is 2.34. The quantitative estimate of drug-likeness (QED) is 0.863. The molecule has 3 rings (SSSR count). The van der Waals surface area contributed by atoms with Crippen molar-refractivity contribution >= 4 is 17.5 Å². The van der Waals surface area contributed by atoms with Crippen molar-refractivity contribution in [1.29, 1.82) is 0 Å². The summed E-state index contributed by atoms with van der Waals surface area (Å²) in [4.78, 5) is 25.1. The Bertz CT molecular complexity index is 739. The van der Waals surface area contributed by atoms with Crippen LogP contribution in [0.5, 0.6) is 0 Å². The van der Waals surface area contributed by atoms with Gasteiger partial charge in [0.1, 0.15) is 0 Å². The number of anilines is 1. The molecule has 106 valence electrons. The van der Waals surface area contributed by atoms with Crippen LogP contribution in [0.1, 0.15) is 26.3 Å². The maximum Gasteiger partial charge on any atom is 0.266 e. The highest BCUT2D eigenvalue weighted by atomic mass is 19.2. The van der Waals surface area contributed by atoms with Crippen molar-refractivity contribution in [2.75, 3.05) is 4.90 Å². The largest absolute Gasteiger partial charge is 0.392 e. The van der Waals surface area contributed by atoms with Crippen molar-refractivity contribution in [1.82, 2.24) is 0 Å². The van der Waals surface area contributed by atoms with E-state index in [4.69, 9.17) is 0 Å². The van der Waals surface area contributed by atoms with Gasteiger partial charge in [0.15, 0.2) is 11.6 Å². The van der Waals surface area contributed by atoms with Gasteiger partial charge in [-0.15, -0.1) is 0 Å². The summed E-state index contributed by atoms with van der Waals surface area (Å²) >= 11 is 0. The zero-order chi connectivity index (χ0) is 15.1. The molecule has 0 atom stereocenters. The average Bonchev–Trinajstić information content (AvgIpc) is 2.75. The second-order valence-electron chi connectivity index (χ2n) is 4.52. The molecule has 1 aliphatic heterocycles. The molecule has 2 aromatic carbocycles. The molecule has 0 fully saturated rings. The van der Waals surface area contributed by atoms with Crippen LogP contribution in [0.4, 0.5) is 14.5 Å². The van der Waals surface area contributed by atoms with Gasteiger partial charge in [0.05, 0.1) is 23.4 Å². The Balaban J connectivity index is 2.22. The van der Waals surface area contributed by atoms with Gasteiger partial charge in [-0.1, -0.05) is 18.2 Å². The molecule has 1 aliphatic rings. The van der Waals surface area contributed by atoms with E-state index < -0.39 is 35.7 Å². The first-order valence-electron chi connectivity index (χ1n) is 6.11. The maximum absolute atomic E-state index is 14.0. The zero-order valence-corrected chi connectivity index (χ0v) is 10.6. The molecule has 0 aromatic heterocycles. The highest BCUT2D eigenvalue weighted by molar-refractivity contribution is 6.34. The Morgan fingerprint density at radius 3 is 2.05 bits per heavy atom. The Kier molecular flexibility index (Phi) is 3.03. The summed E-state index contributed by atoms with van der Waals surface area (Å²) in [6, 6.07) is 7.99. The molecule has 2 aromatic rings. The molecule has 21 heavy (non-hydrogen) atoms. The van der Waals surface area contributed by atoms with E-state index >= 15 is 0 Å². The van der Waals surface area contributed by atoms with Crippen LogP contribution in [-0.2, 0) is 6.61 Å². The number of nitrogens with zero attached hydrogens (tertiary/aromatic N) is 1. The van der Waals surface area contributed by atoms with Crippen LogP contribution in [0.2, 0.25) is 0 Å². The molecule has 0 unspecified atom stereocenters. The van der Waals surface area contributed by atoms with Crippen molar-refractivity contribution in [3.05, 3.63) is 64.7 Å². The second-order valence-corrected chi connectivity index (χ2v) is 4.52. The van der Waals surface area contributed by atoms with Gasteiger partial charge >= 0.3 is 0 Å². The van der Waals surface area contributed by atoms with Gasteiger partial charge in [-0.05, 0) is 18.2 Å². The van der Waals surface area contributed by atoms with Gasteiger partial charge in [0.2, 0.25) is 0 Å². The minimum Gasteiger partial charge on any atom is -0.392 e. The molecule has 4 nitrogen and oxygen atoms in total. The van der Waals surface area contributed by atoms with Gasteiger partial charge in [0, 0.05) is 5.56 Å². The minimum absolute atomic E-state index is 0.0385. The number of carbonyl (C=O) groups excluding carboxylic acids is 2. The lowest BCUT2D eigenvalue weighted by molar-refractivity contribution is 0.0924. The van der Waals surface area contributed by atoms with Crippen molar-refractivity contribution in [3.63, 3.8) is 0 Å². The van der Waals surface area contributed by atoms with Crippen molar-refractivity contribution in [3.8, 4) is 0 Å². The lowest BCUT2D eigenvalue weighted by atomic mass is 10.1. The SMILES string of the molecule is O=C1c2ccccc2C(=O)N1c1c(CO)ccc(F)c1F. The van der Waals surface area contributed by atoms with E-state index in [2.05, 4.69) is 0 Å². The summed E-state index contributed by atoms with van der Waals surface area (Å²) in [7, 11) is 0. The van der Waals surface area contributed by atoms with E-state index in [-0.39, 0.29) is 16.7 Å². The van der Waals surface area contributed by atoms with Gasteiger partial charge in [-0.3, -0.25) is 9.59 Å². The third-order valence-corrected chi connectivity index (χ3v) is 3.34. The Morgan fingerprint density at radius 1 is 0.952 bits per heavy atom. The molecular formula is C15H9F2NO3. The van der Waals surface area contributed by atoms with Crippen LogP contribution in [0.25, 0.3) is 0 Å². The van der Waals surface area contributed by atoms with E-state index in [1.54, 1.807) is 12.1 Å². The number of fused-ring (bicyclic) bond motifs is 1. The predicted octanol–water partition coefficient (Wildman–Crippen LogP) is 2.26. The number of imide groups is 1. The fourth-order valence-electron chi connectivity index (χ4n) is 2.34. The van der Waals surface area contributed by atoms with Crippen LogP contribution in [0.3, 0.4) is 0 Å². The smallest absolute Gasteiger partial charge is 0.266 e. The number of aliphatic hydroxyl groups excluding tert-OH is 1. The molecular weight excluding hydrogens is 280 g/mol. The molecule has 6 heteroatoms. The lowest BCUT2D eigenvalue weighted by Gasteiger charge is -2.18. The number of benzene rings is 2. The van der Waals surface area contributed by atoms with Crippen molar-refractivity contribution in [2.24, 2.45) is 0 Å². The molecule has 2 amide bonds. The first-order valence-corrected chi connectivity index (χ1v) is 6.11. The zero-order valence-electron chi connectivity index (χ0n) is 10.6. The number of hydrogen-bond acceptors (Lipinski definition) is 3. The van der Waals surface area contributed by atoms with Crippen LogP contribution >= 0.6 is 0 Å². The molecule has 0 aliphatic carbocycles. The summed E-state index contributed by atoms with van der Waals surface area (Å²) < 4.78 is 27.5. The van der Waals surface area contributed by atoms with Gasteiger partial charge in [-0.25, -0.2) is 13.7 Å². The Labute approximate surface area is 118 Å². The number of amides is 2. The number of hydrogen-bond donors (Lipinski definition) is 1. The molecule has 0 spiro atoms. The van der Waals surface area contributed by atoms with Crippen LogP contribution in [-0.4, -0.2) is 16.9 Å². The molecule has 0 saturated carbocycles. The fraction of sp³-hybridized carbons (Fsp3) is 0.0667. The number of rotatable bonds is 2. The first-order chi connectivity index (χ1) is 10.1. The van der Waals surface area contributed by atoms with E-state index in [1.165, 1.54) is 12.1 Å². The third-order valence-electron chi connectivity index (χ3n) is 3.34. The topological polar surface area (TPSA) is 57.6 Å². The van der Waals surface area contributed by atoms with Gasteiger partial charge in [-0.2, -0.15) is 0 Å². The predicted molar refractivity (Wildman–Crippen MR) is 69.9 cm³/mol. The summed E-state index contributed by atoms with van der Waals surface area (Å²) in [5, 5.41) is 9.25. The van der Waals surface area contributed by atoms with E-state index in [1.807, 2.05) is 0 Å². The number of carbonyl (C=O) groups is 2.